The minimum Gasteiger partial charge on any atom is -0.397 e. The Kier molecular flexibility index (Phi) is 7.72. The molecular weight excluding hydrogens is 274 g/mol. The lowest BCUT2D eigenvalue weighted by Gasteiger charge is -2.09. The molecule has 21 heavy (non-hydrogen) atoms. The second-order valence-electron chi connectivity index (χ2n) is 5.25. The third-order valence-corrected chi connectivity index (χ3v) is 3.40. The van der Waals surface area contributed by atoms with Gasteiger partial charge in [0.25, 0.3) is 0 Å². The Morgan fingerprint density at radius 3 is 2.38 bits per heavy atom. The number of rotatable bonds is 9. The predicted octanol–water partition coefficient (Wildman–Crippen LogP) is 4.63. The number of nitrogens with one attached hydrogen (secondary N) is 1. The number of anilines is 2. The summed E-state index contributed by atoms with van der Waals surface area (Å²) in [6, 6.07) is 2.18. The minimum atomic E-state index is -1.11. The maximum Gasteiger partial charge on any atom is 0.224 e. The number of unbranched alkanes of at least 4 members (excludes halogenated alkanes) is 6. The van der Waals surface area contributed by atoms with Gasteiger partial charge < -0.3 is 11.1 Å². The molecule has 1 aromatic rings. The first-order valence-electron chi connectivity index (χ1n) is 7.59. The molecule has 5 heteroatoms. The van der Waals surface area contributed by atoms with Gasteiger partial charge in [-0.05, 0) is 18.6 Å². The molecule has 0 fully saturated rings. The summed E-state index contributed by atoms with van der Waals surface area (Å²) in [5.41, 5.74) is 5.31. The zero-order chi connectivity index (χ0) is 15.7. The number of benzene rings is 1. The molecule has 0 saturated carbocycles. The number of hydrogen-bond donors (Lipinski definition) is 2. The summed E-state index contributed by atoms with van der Waals surface area (Å²) in [5.74, 6) is -2.46. The van der Waals surface area contributed by atoms with Gasteiger partial charge in [0.15, 0.2) is 11.6 Å². The van der Waals surface area contributed by atoms with Crippen LogP contribution in [0.15, 0.2) is 12.1 Å². The number of amides is 1. The van der Waals surface area contributed by atoms with Crippen molar-refractivity contribution in [2.75, 3.05) is 11.1 Å². The molecule has 3 nitrogen and oxygen atoms in total. The van der Waals surface area contributed by atoms with Crippen molar-refractivity contribution in [3.63, 3.8) is 0 Å². The van der Waals surface area contributed by atoms with Crippen molar-refractivity contribution in [3.8, 4) is 0 Å². The smallest absolute Gasteiger partial charge is 0.224 e. The Labute approximate surface area is 124 Å². The molecule has 1 rings (SSSR count). The van der Waals surface area contributed by atoms with Crippen molar-refractivity contribution in [1.29, 1.82) is 0 Å². The predicted molar refractivity (Wildman–Crippen MR) is 82.0 cm³/mol. The fraction of sp³-hybridized carbons (Fsp3) is 0.562. The normalized spacial score (nSPS) is 10.6. The fourth-order valence-electron chi connectivity index (χ4n) is 2.14. The van der Waals surface area contributed by atoms with Gasteiger partial charge in [0.1, 0.15) is 5.69 Å². The third-order valence-electron chi connectivity index (χ3n) is 3.40. The highest BCUT2D eigenvalue weighted by Crippen LogP contribution is 2.24. The van der Waals surface area contributed by atoms with Crippen LogP contribution in [0.5, 0.6) is 0 Å². The average molecular weight is 298 g/mol. The molecule has 0 saturated heterocycles. The van der Waals surface area contributed by atoms with Crippen LogP contribution in [0.1, 0.15) is 58.3 Å². The third kappa shape index (κ3) is 6.10. The van der Waals surface area contributed by atoms with E-state index in [1.165, 1.54) is 31.7 Å². The Morgan fingerprint density at radius 2 is 1.71 bits per heavy atom. The average Bonchev–Trinajstić information content (AvgIpc) is 2.47. The molecule has 0 spiro atoms. The van der Waals surface area contributed by atoms with Crippen LogP contribution in [0, 0.1) is 11.6 Å². The van der Waals surface area contributed by atoms with Crippen molar-refractivity contribution in [1.82, 2.24) is 0 Å². The molecule has 1 amide bonds. The van der Waals surface area contributed by atoms with Gasteiger partial charge in [-0.3, -0.25) is 4.79 Å². The minimum absolute atomic E-state index is 0.0295. The van der Waals surface area contributed by atoms with Crippen molar-refractivity contribution in [3.05, 3.63) is 23.8 Å². The second-order valence-corrected chi connectivity index (χ2v) is 5.25. The van der Waals surface area contributed by atoms with Crippen LogP contribution in [-0.2, 0) is 4.79 Å². The first-order chi connectivity index (χ1) is 10.1. The molecule has 0 aliphatic carbocycles. The zero-order valence-corrected chi connectivity index (χ0v) is 12.6. The topological polar surface area (TPSA) is 55.1 Å². The molecule has 3 N–H and O–H groups in total. The van der Waals surface area contributed by atoms with E-state index >= 15 is 0 Å². The largest absolute Gasteiger partial charge is 0.397 e. The number of nitrogens with two attached hydrogens (primary N) is 1. The lowest BCUT2D eigenvalue weighted by Crippen LogP contribution is -2.14. The van der Waals surface area contributed by atoms with Crippen LogP contribution >= 0.6 is 0 Å². The molecule has 0 aromatic heterocycles. The Morgan fingerprint density at radius 1 is 1.10 bits per heavy atom. The summed E-state index contributed by atoms with van der Waals surface area (Å²) in [7, 11) is 0. The van der Waals surface area contributed by atoms with E-state index in [2.05, 4.69) is 12.2 Å². The van der Waals surface area contributed by atoms with Gasteiger partial charge in [-0.1, -0.05) is 45.4 Å². The molecule has 0 atom stereocenters. The summed E-state index contributed by atoms with van der Waals surface area (Å²) >= 11 is 0. The highest BCUT2D eigenvalue weighted by molar-refractivity contribution is 5.93. The molecule has 0 unspecified atom stereocenters. The first-order valence-corrected chi connectivity index (χ1v) is 7.59. The molecule has 0 radical (unpaired) electrons. The highest BCUT2D eigenvalue weighted by Gasteiger charge is 2.14. The molecule has 0 bridgehead atoms. The SMILES string of the molecule is CCCCCCCCCC(=O)Nc1c(N)ccc(F)c1F. The van der Waals surface area contributed by atoms with Crippen LogP contribution in [0.25, 0.3) is 0 Å². The molecule has 0 heterocycles. The Balaban J connectivity index is 2.30. The summed E-state index contributed by atoms with van der Waals surface area (Å²) in [5, 5.41) is 2.35. The van der Waals surface area contributed by atoms with Gasteiger partial charge in [-0.2, -0.15) is 0 Å². The van der Waals surface area contributed by atoms with E-state index in [4.69, 9.17) is 5.73 Å². The van der Waals surface area contributed by atoms with Crippen LogP contribution in [0.2, 0.25) is 0 Å². The van der Waals surface area contributed by atoms with Crippen LogP contribution in [0.3, 0.4) is 0 Å². The lowest BCUT2D eigenvalue weighted by molar-refractivity contribution is -0.116. The summed E-state index contributed by atoms with van der Waals surface area (Å²) in [6.07, 6.45) is 7.98. The van der Waals surface area contributed by atoms with Gasteiger partial charge in [0, 0.05) is 6.42 Å². The summed E-state index contributed by atoms with van der Waals surface area (Å²) in [6.45, 7) is 2.17. The lowest BCUT2D eigenvalue weighted by atomic mass is 10.1. The van der Waals surface area contributed by atoms with Crippen molar-refractivity contribution >= 4 is 17.3 Å². The van der Waals surface area contributed by atoms with E-state index in [9.17, 15) is 13.6 Å². The van der Waals surface area contributed by atoms with E-state index in [0.717, 1.165) is 25.3 Å². The van der Waals surface area contributed by atoms with Gasteiger partial charge in [-0.25, -0.2) is 8.78 Å². The van der Waals surface area contributed by atoms with Gasteiger partial charge in [0.05, 0.1) is 5.69 Å². The standard InChI is InChI=1S/C16H24F2N2O/c1-2-3-4-5-6-7-8-9-14(21)20-16-13(19)11-10-12(17)15(16)18/h10-11H,2-9,19H2,1H3,(H,20,21). The van der Waals surface area contributed by atoms with Gasteiger partial charge >= 0.3 is 0 Å². The molecule has 0 aliphatic rings. The van der Waals surface area contributed by atoms with E-state index < -0.39 is 11.6 Å². The van der Waals surface area contributed by atoms with E-state index in [1.807, 2.05) is 0 Å². The molecule has 1 aromatic carbocycles. The summed E-state index contributed by atoms with van der Waals surface area (Å²) in [4.78, 5) is 11.7. The van der Waals surface area contributed by atoms with Crippen LogP contribution in [-0.4, -0.2) is 5.91 Å². The maximum atomic E-state index is 13.5. The van der Waals surface area contributed by atoms with Crippen molar-refractivity contribution in [2.24, 2.45) is 0 Å². The first kappa shape index (κ1) is 17.4. The number of nitrogen functional groups attached to an aromatic ring is 1. The highest BCUT2D eigenvalue weighted by atomic mass is 19.2. The molecular formula is C16H24F2N2O. The zero-order valence-electron chi connectivity index (χ0n) is 12.6. The van der Waals surface area contributed by atoms with Gasteiger partial charge in [0.2, 0.25) is 5.91 Å². The Bertz CT molecular complexity index is 464. The fourth-order valence-corrected chi connectivity index (χ4v) is 2.14. The monoisotopic (exact) mass is 298 g/mol. The quantitative estimate of drug-likeness (QED) is 0.516. The Hall–Kier alpha value is -1.65. The number of halogens is 2. The maximum absolute atomic E-state index is 13.5. The second kappa shape index (κ2) is 9.32. The van der Waals surface area contributed by atoms with Crippen molar-refractivity contribution < 1.29 is 13.6 Å². The van der Waals surface area contributed by atoms with Crippen LogP contribution < -0.4 is 11.1 Å². The van der Waals surface area contributed by atoms with E-state index in [-0.39, 0.29) is 17.3 Å². The summed E-state index contributed by atoms with van der Waals surface area (Å²) < 4.78 is 26.6. The van der Waals surface area contributed by atoms with E-state index in [1.54, 1.807) is 0 Å². The number of hydrogen-bond acceptors (Lipinski definition) is 2. The van der Waals surface area contributed by atoms with Gasteiger partial charge in [-0.15, -0.1) is 0 Å². The van der Waals surface area contributed by atoms with Crippen molar-refractivity contribution in [2.45, 2.75) is 58.3 Å². The number of carbonyl (C=O) groups excluding carboxylic acids is 1. The number of carbonyl (C=O) groups is 1. The van der Waals surface area contributed by atoms with E-state index in [0.29, 0.717) is 6.42 Å². The molecule has 118 valence electrons. The van der Waals surface area contributed by atoms with Crippen LogP contribution in [0.4, 0.5) is 20.2 Å². The molecule has 0 aliphatic heterocycles.